The number of fused-ring (bicyclic) bond motifs is 2. The van der Waals surface area contributed by atoms with Crippen LogP contribution in [0, 0.1) is 11.8 Å². The van der Waals surface area contributed by atoms with Crippen molar-refractivity contribution in [2.75, 3.05) is 0 Å². The minimum atomic E-state index is -0.747. The predicted octanol–water partition coefficient (Wildman–Crippen LogP) is 3.56. The maximum absolute atomic E-state index is 12.5. The normalized spacial score (nSPS) is 29.0. The fraction of sp³-hybridized carbons (Fsp3) is 0.368. The Bertz CT molecular complexity index is 781. The van der Waals surface area contributed by atoms with Crippen molar-refractivity contribution in [1.82, 2.24) is 0 Å². The fourth-order valence-electron chi connectivity index (χ4n) is 3.17. The second-order valence-electron chi connectivity index (χ2n) is 6.58. The number of rotatable bonds is 0. The summed E-state index contributed by atoms with van der Waals surface area (Å²) in [6.45, 7) is 1.80. The molecule has 5 nitrogen and oxygen atoms in total. The molecule has 132 valence electrons. The molecule has 1 aliphatic carbocycles. The Kier molecular flexibility index (Phi) is 4.86. The Morgan fingerprint density at radius 3 is 2.68 bits per heavy atom. The van der Waals surface area contributed by atoms with Crippen LogP contribution in [0.5, 0.6) is 11.5 Å². The number of carbonyl (C=O) groups excluding carboxylic acids is 2. The highest BCUT2D eigenvalue weighted by atomic mass is 35.5. The van der Waals surface area contributed by atoms with Crippen LogP contribution in [0.15, 0.2) is 30.4 Å². The number of hydrogen-bond acceptors (Lipinski definition) is 5. The summed E-state index contributed by atoms with van der Waals surface area (Å²) in [5.74, 6) is -1.01. The number of carbonyl (C=O) groups is 2. The van der Waals surface area contributed by atoms with Crippen LogP contribution in [-0.4, -0.2) is 28.1 Å². The van der Waals surface area contributed by atoms with E-state index >= 15 is 0 Å². The third-order valence-corrected chi connectivity index (χ3v) is 4.97. The Balaban J connectivity index is 2.01. The molecule has 0 aromatic heterocycles. The SMILES string of the molecule is C[C@@H]1C[C@@H]2C[C@H]2/C=C\C=C\C(=O)Cc2c(Cl)c(O)cc(O)c2C(=O)O1. The Labute approximate surface area is 150 Å². The molecule has 0 radical (unpaired) electrons. The van der Waals surface area contributed by atoms with Crippen molar-refractivity contribution < 1.29 is 24.5 Å². The first-order chi connectivity index (χ1) is 11.9. The molecular weight excluding hydrogens is 344 g/mol. The first-order valence-corrected chi connectivity index (χ1v) is 8.56. The molecule has 0 amide bonds. The zero-order valence-corrected chi connectivity index (χ0v) is 14.5. The third-order valence-electron chi connectivity index (χ3n) is 4.55. The number of ether oxygens (including phenoxy) is 1. The van der Waals surface area contributed by atoms with Gasteiger partial charge in [-0.2, -0.15) is 0 Å². The number of ketones is 1. The highest BCUT2D eigenvalue weighted by Crippen LogP contribution is 2.44. The number of halogens is 1. The molecule has 1 aliphatic heterocycles. The number of benzene rings is 1. The van der Waals surface area contributed by atoms with Gasteiger partial charge in [0.25, 0.3) is 0 Å². The van der Waals surface area contributed by atoms with Crippen LogP contribution in [0.2, 0.25) is 5.02 Å². The van der Waals surface area contributed by atoms with E-state index in [1.165, 1.54) is 6.08 Å². The highest BCUT2D eigenvalue weighted by Gasteiger charge is 2.36. The number of hydrogen-bond donors (Lipinski definition) is 2. The lowest BCUT2D eigenvalue weighted by Crippen LogP contribution is -2.18. The van der Waals surface area contributed by atoms with E-state index in [1.807, 2.05) is 12.2 Å². The van der Waals surface area contributed by atoms with Crippen molar-refractivity contribution in [1.29, 1.82) is 0 Å². The number of phenolic OH excluding ortho intramolecular Hbond substituents is 2. The molecule has 0 saturated heterocycles. The van der Waals surface area contributed by atoms with Gasteiger partial charge in [0.05, 0.1) is 11.1 Å². The average Bonchev–Trinajstić information content (AvgIpc) is 3.25. The van der Waals surface area contributed by atoms with Gasteiger partial charge in [0.15, 0.2) is 5.78 Å². The van der Waals surface area contributed by atoms with Crippen molar-refractivity contribution in [2.24, 2.45) is 11.8 Å². The third kappa shape index (κ3) is 3.87. The van der Waals surface area contributed by atoms with Gasteiger partial charge in [0, 0.05) is 18.1 Å². The van der Waals surface area contributed by atoms with Crippen LogP contribution in [0.3, 0.4) is 0 Å². The van der Waals surface area contributed by atoms with Gasteiger partial charge in [-0.1, -0.05) is 29.8 Å². The van der Waals surface area contributed by atoms with Crippen LogP contribution >= 0.6 is 11.6 Å². The number of phenols is 2. The standard InChI is InChI=1S/C19H19ClO5/c1-10-6-12-7-11(12)4-2-3-5-13(21)8-14-17(19(24)25-10)15(22)9-16(23)18(14)20/h2-5,9-12,22-23H,6-8H2,1H3/b4-2-,5-3+/t10-,11-,12-/m1/s1. The van der Waals surface area contributed by atoms with Gasteiger partial charge in [0.1, 0.15) is 17.1 Å². The molecule has 2 aliphatic rings. The van der Waals surface area contributed by atoms with E-state index in [0.29, 0.717) is 11.8 Å². The quantitative estimate of drug-likeness (QED) is 0.689. The van der Waals surface area contributed by atoms with Crippen molar-refractivity contribution in [3.05, 3.63) is 46.5 Å². The number of allylic oxidation sites excluding steroid dienone is 4. The molecule has 0 spiro atoms. The fourth-order valence-corrected chi connectivity index (χ4v) is 3.39. The topological polar surface area (TPSA) is 83.8 Å². The molecule has 3 rings (SSSR count). The maximum atomic E-state index is 12.5. The van der Waals surface area contributed by atoms with Gasteiger partial charge in [-0.15, -0.1) is 0 Å². The predicted molar refractivity (Wildman–Crippen MR) is 92.9 cm³/mol. The molecule has 25 heavy (non-hydrogen) atoms. The summed E-state index contributed by atoms with van der Waals surface area (Å²) in [6.07, 6.45) is 8.13. The zero-order chi connectivity index (χ0) is 18.1. The Morgan fingerprint density at radius 2 is 1.92 bits per heavy atom. The van der Waals surface area contributed by atoms with Crippen molar-refractivity contribution >= 4 is 23.4 Å². The van der Waals surface area contributed by atoms with Crippen LogP contribution < -0.4 is 0 Å². The van der Waals surface area contributed by atoms with Gasteiger partial charge in [-0.05, 0) is 37.7 Å². The summed E-state index contributed by atoms with van der Waals surface area (Å²) < 4.78 is 5.44. The highest BCUT2D eigenvalue weighted by molar-refractivity contribution is 6.33. The molecule has 0 unspecified atom stereocenters. The van der Waals surface area contributed by atoms with E-state index in [4.69, 9.17) is 16.3 Å². The molecule has 1 heterocycles. The molecule has 1 aromatic carbocycles. The second kappa shape index (κ2) is 6.92. The van der Waals surface area contributed by atoms with E-state index < -0.39 is 17.5 Å². The Hall–Kier alpha value is -2.27. The van der Waals surface area contributed by atoms with Crippen molar-refractivity contribution in [3.63, 3.8) is 0 Å². The minimum Gasteiger partial charge on any atom is -0.507 e. The van der Waals surface area contributed by atoms with E-state index in [1.54, 1.807) is 13.0 Å². The second-order valence-corrected chi connectivity index (χ2v) is 6.96. The summed E-state index contributed by atoms with van der Waals surface area (Å²) in [7, 11) is 0. The maximum Gasteiger partial charge on any atom is 0.342 e. The number of cyclic esters (lactones) is 1. The average molecular weight is 363 g/mol. The minimum absolute atomic E-state index is 0.0661. The number of aromatic hydroxyl groups is 2. The zero-order valence-electron chi connectivity index (χ0n) is 13.7. The molecular formula is C19H19ClO5. The first-order valence-electron chi connectivity index (χ1n) is 8.18. The van der Waals surface area contributed by atoms with Crippen molar-refractivity contribution in [3.8, 4) is 11.5 Å². The van der Waals surface area contributed by atoms with Gasteiger partial charge in [0.2, 0.25) is 0 Å². The first kappa shape index (κ1) is 17.5. The van der Waals surface area contributed by atoms with Gasteiger partial charge in [-0.25, -0.2) is 4.79 Å². The van der Waals surface area contributed by atoms with Gasteiger partial charge >= 0.3 is 5.97 Å². The van der Waals surface area contributed by atoms with Gasteiger partial charge in [-0.3, -0.25) is 4.79 Å². The largest absolute Gasteiger partial charge is 0.507 e. The molecule has 1 aromatic rings. The van der Waals surface area contributed by atoms with E-state index in [-0.39, 0.29) is 34.5 Å². The lowest BCUT2D eigenvalue weighted by molar-refractivity contribution is -0.114. The van der Waals surface area contributed by atoms with E-state index in [9.17, 15) is 19.8 Å². The number of esters is 1. The molecule has 3 atom stereocenters. The molecule has 6 heteroatoms. The summed E-state index contributed by atoms with van der Waals surface area (Å²) in [6, 6.07) is 0.982. The lowest BCUT2D eigenvalue weighted by atomic mass is 10.00. The van der Waals surface area contributed by atoms with Crippen LogP contribution in [-0.2, 0) is 16.0 Å². The summed E-state index contributed by atoms with van der Waals surface area (Å²) >= 11 is 6.07. The van der Waals surface area contributed by atoms with E-state index in [2.05, 4.69) is 0 Å². The smallest absolute Gasteiger partial charge is 0.342 e. The van der Waals surface area contributed by atoms with Crippen molar-refractivity contribution in [2.45, 2.75) is 32.3 Å². The van der Waals surface area contributed by atoms with Crippen LogP contribution in [0.4, 0.5) is 0 Å². The van der Waals surface area contributed by atoms with Crippen LogP contribution in [0.1, 0.15) is 35.7 Å². The summed E-state index contributed by atoms with van der Waals surface area (Å²) in [5.41, 5.74) is -0.104. The molecule has 1 saturated carbocycles. The monoisotopic (exact) mass is 362 g/mol. The van der Waals surface area contributed by atoms with Crippen LogP contribution in [0.25, 0.3) is 0 Å². The molecule has 0 bridgehead atoms. The van der Waals surface area contributed by atoms with Gasteiger partial charge < -0.3 is 14.9 Å². The molecule has 2 N–H and O–H groups in total. The summed E-state index contributed by atoms with van der Waals surface area (Å²) in [5, 5.41) is 19.8. The van der Waals surface area contributed by atoms with E-state index in [0.717, 1.165) is 18.9 Å². The molecule has 1 fully saturated rings. The lowest BCUT2D eigenvalue weighted by Gasteiger charge is -2.17. The summed E-state index contributed by atoms with van der Waals surface area (Å²) in [4.78, 5) is 24.7. The Morgan fingerprint density at radius 1 is 1.16 bits per heavy atom.